The average molecular weight is 205 g/mol. The fourth-order valence-electron chi connectivity index (χ4n) is 1.60. The van der Waals surface area contributed by atoms with Crippen LogP contribution >= 0.6 is 0 Å². The SMILES string of the molecule is CCC[C@H](C)NC(=O)c1cccc(C)c1. The van der Waals surface area contributed by atoms with E-state index in [-0.39, 0.29) is 11.9 Å². The molecule has 0 spiro atoms. The van der Waals surface area contributed by atoms with E-state index in [9.17, 15) is 4.79 Å². The molecule has 0 aliphatic rings. The third-order valence-electron chi connectivity index (χ3n) is 2.38. The fraction of sp³-hybridized carbons (Fsp3) is 0.462. The summed E-state index contributed by atoms with van der Waals surface area (Å²) in [6, 6.07) is 7.92. The van der Waals surface area contributed by atoms with Gasteiger partial charge < -0.3 is 5.32 Å². The fourth-order valence-corrected chi connectivity index (χ4v) is 1.60. The van der Waals surface area contributed by atoms with Crippen LogP contribution in [0.2, 0.25) is 0 Å². The summed E-state index contributed by atoms with van der Waals surface area (Å²) in [7, 11) is 0. The van der Waals surface area contributed by atoms with Crippen molar-refractivity contribution in [3.8, 4) is 0 Å². The number of rotatable bonds is 4. The van der Waals surface area contributed by atoms with Crippen LogP contribution in [-0.2, 0) is 0 Å². The van der Waals surface area contributed by atoms with Crippen LogP contribution in [0.4, 0.5) is 0 Å². The van der Waals surface area contributed by atoms with Crippen molar-refractivity contribution in [3.63, 3.8) is 0 Å². The van der Waals surface area contributed by atoms with Gasteiger partial charge in [-0.1, -0.05) is 31.0 Å². The quantitative estimate of drug-likeness (QED) is 0.804. The van der Waals surface area contributed by atoms with Crippen molar-refractivity contribution in [2.75, 3.05) is 0 Å². The predicted molar refractivity (Wildman–Crippen MR) is 63.0 cm³/mol. The second-order valence-corrected chi connectivity index (χ2v) is 4.03. The van der Waals surface area contributed by atoms with E-state index in [2.05, 4.69) is 12.2 Å². The second kappa shape index (κ2) is 5.54. The standard InChI is InChI=1S/C13H19NO/c1-4-6-11(3)14-13(15)12-8-5-7-10(2)9-12/h5,7-9,11H,4,6H2,1-3H3,(H,14,15)/t11-/m0/s1. The van der Waals surface area contributed by atoms with Gasteiger partial charge in [-0.2, -0.15) is 0 Å². The van der Waals surface area contributed by atoms with Crippen molar-refractivity contribution in [2.45, 2.75) is 39.7 Å². The summed E-state index contributed by atoms with van der Waals surface area (Å²) in [5.41, 5.74) is 1.86. The summed E-state index contributed by atoms with van der Waals surface area (Å²) < 4.78 is 0. The number of carbonyl (C=O) groups is 1. The molecule has 1 atom stereocenters. The molecule has 2 heteroatoms. The van der Waals surface area contributed by atoms with Crippen molar-refractivity contribution in [1.29, 1.82) is 0 Å². The molecule has 0 aromatic heterocycles. The number of hydrogen-bond acceptors (Lipinski definition) is 1. The molecule has 1 rings (SSSR count). The first-order chi connectivity index (χ1) is 7.13. The first kappa shape index (κ1) is 11.8. The number of benzene rings is 1. The minimum Gasteiger partial charge on any atom is -0.350 e. The van der Waals surface area contributed by atoms with Crippen molar-refractivity contribution in [2.24, 2.45) is 0 Å². The van der Waals surface area contributed by atoms with E-state index < -0.39 is 0 Å². The predicted octanol–water partition coefficient (Wildman–Crippen LogP) is 2.91. The van der Waals surface area contributed by atoms with Gasteiger partial charge in [-0.15, -0.1) is 0 Å². The third-order valence-corrected chi connectivity index (χ3v) is 2.38. The molecule has 15 heavy (non-hydrogen) atoms. The summed E-state index contributed by atoms with van der Waals surface area (Å²) in [5.74, 6) is 0.0275. The number of carbonyl (C=O) groups excluding carboxylic acids is 1. The maximum Gasteiger partial charge on any atom is 0.251 e. The van der Waals surface area contributed by atoms with Crippen LogP contribution in [0.15, 0.2) is 24.3 Å². The summed E-state index contributed by atoms with van der Waals surface area (Å²) in [4.78, 5) is 11.8. The minimum atomic E-state index is 0.0275. The maximum absolute atomic E-state index is 11.8. The smallest absolute Gasteiger partial charge is 0.251 e. The molecule has 2 nitrogen and oxygen atoms in total. The van der Waals surface area contributed by atoms with Crippen LogP contribution in [0.1, 0.15) is 42.6 Å². The lowest BCUT2D eigenvalue weighted by Crippen LogP contribution is -2.32. The van der Waals surface area contributed by atoms with Crippen molar-refractivity contribution in [1.82, 2.24) is 5.32 Å². The molecule has 0 bridgehead atoms. The summed E-state index contributed by atoms with van der Waals surface area (Å²) in [6.45, 7) is 6.15. The van der Waals surface area contributed by atoms with Crippen molar-refractivity contribution >= 4 is 5.91 Å². The Morgan fingerprint density at radius 1 is 1.47 bits per heavy atom. The Balaban J connectivity index is 2.61. The van der Waals surface area contributed by atoms with Crippen LogP contribution in [-0.4, -0.2) is 11.9 Å². The lowest BCUT2D eigenvalue weighted by molar-refractivity contribution is 0.0938. The number of amides is 1. The molecule has 0 aliphatic heterocycles. The largest absolute Gasteiger partial charge is 0.350 e. The van der Waals surface area contributed by atoms with Gasteiger partial charge >= 0.3 is 0 Å². The molecular formula is C13H19NO. The highest BCUT2D eigenvalue weighted by Gasteiger charge is 2.08. The van der Waals surface area contributed by atoms with Gasteiger partial charge in [-0.05, 0) is 32.4 Å². The topological polar surface area (TPSA) is 29.1 Å². The number of nitrogens with one attached hydrogen (secondary N) is 1. The van der Waals surface area contributed by atoms with E-state index in [1.54, 1.807) is 0 Å². The van der Waals surface area contributed by atoms with E-state index in [0.717, 1.165) is 24.0 Å². The number of hydrogen-bond donors (Lipinski definition) is 1. The molecular weight excluding hydrogens is 186 g/mol. The first-order valence-corrected chi connectivity index (χ1v) is 5.51. The van der Waals surface area contributed by atoms with Crippen molar-refractivity contribution in [3.05, 3.63) is 35.4 Å². The molecule has 1 amide bonds. The lowest BCUT2D eigenvalue weighted by atomic mass is 10.1. The Bertz CT molecular complexity index is 333. The van der Waals surface area contributed by atoms with Crippen molar-refractivity contribution < 1.29 is 4.79 Å². The molecule has 0 saturated heterocycles. The highest BCUT2D eigenvalue weighted by molar-refractivity contribution is 5.94. The van der Waals surface area contributed by atoms with E-state index >= 15 is 0 Å². The zero-order valence-electron chi connectivity index (χ0n) is 9.71. The van der Waals surface area contributed by atoms with E-state index in [4.69, 9.17) is 0 Å². The van der Waals surface area contributed by atoms with E-state index in [1.165, 1.54) is 0 Å². The Hall–Kier alpha value is -1.31. The Morgan fingerprint density at radius 3 is 2.80 bits per heavy atom. The van der Waals surface area contributed by atoms with E-state index in [0.29, 0.717) is 0 Å². The van der Waals surface area contributed by atoms with Gasteiger partial charge in [0.15, 0.2) is 0 Å². The Labute approximate surface area is 91.7 Å². The summed E-state index contributed by atoms with van der Waals surface area (Å²) >= 11 is 0. The lowest BCUT2D eigenvalue weighted by Gasteiger charge is -2.12. The van der Waals surface area contributed by atoms with Crippen LogP contribution in [0, 0.1) is 6.92 Å². The van der Waals surface area contributed by atoms with Gasteiger partial charge in [0.05, 0.1) is 0 Å². The van der Waals surface area contributed by atoms with Gasteiger partial charge in [0.25, 0.3) is 5.91 Å². The van der Waals surface area contributed by atoms with Gasteiger partial charge in [-0.3, -0.25) is 4.79 Å². The third kappa shape index (κ3) is 3.74. The first-order valence-electron chi connectivity index (χ1n) is 5.51. The molecule has 1 aromatic carbocycles. The summed E-state index contributed by atoms with van der Waals surface area (Å²) in [5, 5.41) is 2.99. The molecule has 1 N–H and O–H groups in total. The van der Waals surface area contributed by atoms with Gasteiger partial charge in [0, 0.05) is 11.6 Å². The molecule has 82 valence electrons. The number of aryl methyl sites for hydroxylation is 1. The zero-order chi connectivity index (χ0) is 11.3. The van der Waals surface area contributed by atoms with Gasteiger partial charge in [0.1, 0.15) is 0 Å². The van der Waals surface area contributed by atoms with Crippen LogP contribution in [0.5, 0.6) is 0 Å². The van der Waals surface area contributed by atoms with Crippen LogP contribution in [0.3, 0.4) is 0 Å². The molecule has 0 fully saturated rings. The van der Waals surface area contributed by atoms with Gasteiger partial charge in [0.2, 0.25) is 0 Å². The monoisotopic (exact) mass is 205 g/mol. The normalized spacial score (nSPS) is 12.2. The zero-order valence-corrected chi connectivity index (χ0v) is 9.71. The maximum atomic E-state index is 11.8. The van der Waals surface area contributed by atoms with E-state index in [1.807, 2.05) is 38.1 Å². The molecule has 0 unspecified atom stereocenters. The highest BCUT2D eigenvalue weighted by Crippen LogP contribution is 2.05. The van der Waals surface area contributed by atoms with Crippen LogP contribution < -0.4 is 5.32 Å². The minimum absolute atomic E-state index is 0.0275. The van der Waals surface area contributed by atoms with Crippen LogP contribution in [0.25, 0.3) is 0 Å². The van der Waals surface area contributed by atoms with Gasteiger partial charge in [-0.25, -0.2) is 0 Å². The Kier molecular flexibility index (Phi) is 4.35. The molecule has 1 aromatic rings. The molecule has 0 aliphatic carbocycles. The molecule has 0 saturated carbocycles. The highest BCUT2D eigenvalue weighted by atomic mass is 16.1. The molecule has 0 heterocycles. The second-order valence-electron chi connectivity index (χ2n) is 4.03. The molecule has 0 radical (unpaired) electrons. The summed E-state index contributed by atoms with van der Waals surface area (Å²) in [6.07, 6.45) is 2.12. The Morgan fingerprint density at radius 2 is 2.20 bits per heavy atom. The average Bonchev–Trinajstić information content (AvgIpc) is 2.18.